The first-order valence-electron chi connectivity index (χ1n) is 5.68. The number of ether oxygens (including phenoxy) is 2. The minimum absolute atomic E-state index is 0.0159. The highest BCUT2D eigenvalue weighted by molar-refractivity contribution is 7.71. The Balaban J connectivity index is 1.93. The van der Waals surface area contributed by atoms with Crippen LogP contribution in [0.5, 0.6) is 0 Å². The van der Waals surface area contributed by atoms with Crippen LogP contribution < -0.4 is 5.32 Å². The van der Waals surface area contributed by atoms with Gasteiger partial charge in [0, 0.05) is 18.9 Å². The second-order valence-corrected chi connectivity index (χ2v) is 4.19. The number of hydrogen-bond acceptors (Lipinski definition) is 5. The van der Waals surface area contributed by atoms with Gasteiger partial charge in [-0.3, -0.25) is 4.79 Å². The summed E-state index contributed by atoms with van der Waals surface area (Å²) >= 11 is 4.88. The summed E-state index contributed by atoms with van der Waals surface area (Å²) in [7, 11) is 1.58. The highest BCUT2D eigenvalue weighted by Gasteiger charge is 2.05. The van der Waals surface area contributed by atoms with Gasteiger partial charge in [0.15, 0.2) is 5.58 Å². The fourth-order valence-electron chi connectivity index (χ4n) is 1.53. The molecule has 0 atom stereocenters. The number of amides is 1. The molecule has 0 aliphatic heterocycles. The van der Waals surface area contributed by atoms with E-state index in [1.165, 1.54) is 0 Å². The average Bonchev–Trinajstić information content (AvgIpc) is 2.74. The van der Waals surface area contributed by atoms with Crippen LogP contribution >= 0.6 is 12.2 Å². The minimum atomic E-state index is -0.232. The van der Waals surface area contributed by atoms with E-state index in [4.69, 9.17) is 26.1 Å². The van der Waals surface area contributed by atoms with E-state index in [2.05, 4.69) is 10.3 Å². The van der Waals surface area contributed by atoms with E-state index < -0.39 is 0 Å². The molecule has 0 aliphatic rings. The number of fused-ring (bicyclic) bond motifs is 1. The summed E-state index contributed by atoms with van der Waals surface area (Å²) in [5.41, 5.74) is 2.02. The summed E-state index contributed by atoms with van der Waals surface area (Å²) in [5, 5.41) is 2.71. The number of carbonyl (C=O) groups is 1. The van der Waals surface area contributed by atoms with E-state index in [1.54, 1.807) is 25.3 Å². The molecular weight excluding hydrogens is 268 g/mol. The fraction of sp³-hybridized carbons (Fsp3) is 0.333. The van der Waals surface area contributed by atoms with Crippen LogP contribution in [0.3, 0.4) is 0 Å². The molecule has 2 aromatic rings. The highest BCUT2D eigenvalue weighted by atomic mass is 32.1. The van der Waals surface area contributed by atoms with Crippen molar-refractivity contribution in [2.24, 2.45) is 0 Å². The van der Waals surface area contributed by atoms with Crippen molar-refractivity contribution >= 4 is 34.9 Å². The summed E-state index contributed by atoms with van der Waals surface area (Å²) in [6.07, 6.45) is 0. The first-order valence-corrected chi connectivity index (χ1v) is 6.09. The summed E-state index contributed by atoms with van der Waals surface area (Å²) < 4.78 is 15.2. The number of H-pyrrole nitrogens is 1. The zero-order chi connectivity index (χ0) is 13.7. The molecule has 102 valence electrons. The largest absolute Gasteiger partial charge is 0.429 e. The van der Waals surface area contributed by atoms with Crippen molar-refractivity contribution in [1.29, 1.82) is 0 Å². The molecule has 19 heavy (non-hydrogen) atoms. The number of rotatable bonds is 6. The van der Waals surface area contributed by atoms with Gasteiger partial charge in [0.25, 0.3) is 4.84 Å². The molecule has 0 bridgehead atoms. The van der Waals surface area contributed by atoms with Gasteiger partial charge in [0.1, 0.15) is 6.61 Å². The van der Waals surface area contributed by atoms with Crippen LogP contribution in [-0.4, -0.2) is 37.8 Å². The van der Waals surface area contributed by atoms with Crippen LogP contribution in [0.15, 0.2) is 22.6 Å². The van der Waals surface area contributed by atoms with Crippen molar-refractivity contribution in [3.8, 4) is 0 Å². The lowest BCUT2D eigenvalue weighted by Gasteiger charge is -2.05. The van der Waals surface area contributed by atoms with E-state index >= 15 is 0 Å². The molecule has 0 fully saturated rings. The Morgan fingerprint density at radius 1 is 1.47 bits per heavy atom. The van der Waals surface area contributed by atoms with Crippen LogP contribution in [0.1, 0.15) is 0 Å². The zero-order valence-electron chi connectivity index (χ0n) is 10.4. The second kappa shape index (κ2) is 6.46. The van der Waals surface area contributed by atoms with Gasteiger partial charge in [-0.2, -0.15) is 0 Å². The van der Waals surface area contributed by atoms with Gasteiger partial charge >= 0.3 is 0 Å². The molecule has 0 unspecified atom stereocenters. The van der Waals surface area contributed by atoms with Gasteiger partial charge < -0.3 is 24.2 Å². The Morgan fingerprint density at radius 2 is 2.32 bits per heavy atom. The molecule has 6 nitrogen and oxygen atoms in total. The SMILES string of the molecule is COCCOCC(=O)Nc1ccc2[nH]c(=S)oc2c1. The van der Waals surface area contributed by atoms with Gasteiger partial charge in [0.2, 0.25) is 5.91 Å². The third-order valence-corrected chi connectivity index (χ3v) is 2.56. The normalized spacial score (nSPS) is 10.8. The maximum Gasteiger partial charge on any atom is 0.266 e. The van der Waals surface area contributed by atoms with Crippen LogP contribution in [0, 0.1) is 4.84 Å². The number of aromatic amines is 1. The number of aromatic nitrogens is 1. The summed E-state index contributed by atoms with van der Waals surface area (Å²) in [6.45, 7) is 0.830. The van der Waals surface area contributed by atoms with E-state index in [-0.39, 0.29) is 12.5 Å². The number of oxazole rings is 1. The molecule has 1 heterocycles. The average molecular weight is 282 g/mol. The lowest BCUT2D eigenvalue weighted by molar-refractivity contribution is -0.121. The molecule has 2 N–H and O–H groups in total. The highest BCUT2D eigenvalue weighted by Crippen LogP contribution is 2.18. The molecule has 1 aromatic heterocycles. The maximum atomic E-state index is 11.6. The van der Waals surface area contributed by atoms with Gasteiger partial charge in [-0.1, -0.05) is 0 Å². The number of anilines is 1. The van der Waals surface area contributed by atoms with Crippen molar-refractivity contribution < 1.29 is 18.7 Å². The molecule has 2 rings (SSSR count). The van der Waals surface area contributed by atoms with E-state index in [9.17, 15) is 4.79 Å². The maximum absolute atomic E-state index is 11.6. The molecule has 0 saturated carbocycles. The van der Waals surface area contributed by atoms with Crippen LogP contribution in [0.4, 0.5) is 5.69 Å². The second-order valence-electron chi connectivity index (χ2n) is 3.82. The van der Waals surface area contributed by atoms with Crippen LogP contribution in [0.2, 0.25) is 0 Å². The van der Waals surface area contributed by atoms with E-state index in [1.807, 2.05) is 0 Å². The Hall–Kier alpha value is -1.70. The summed E-state index contributed by atoms with van der Waals surface area (Å²) in [4.78, 5) is 14.8. The van der Waals surface area contributed by atoms with Crippen molar-refractivity contribution in [1.82, 2.24) is 4.98 Å². The molecule has 0 saturated heterocycles. The van der Waals surface area contributed by atoms with Crippen molar-refractivity contribution in [3.63, 3.8) is 0 Å². The van der Waals surface area contributed by atoms with Crippen molar-refractivity contribution in [3.05, 3.63) is 23.0 Å². The van der Waals surface area contributed by atoms with Gasteiger partial charge in [-0.05, 0) is 24.4 Å². The third-order valence-electron chi connectivity index (χ3n) is 2.37. The topological polar surface area (TPSA) is 76.5 Å². The minimum Gasteiger partial charge on any atom is -0.429 e. The van der Waals surface area contributed by atoms with Crippen molar-refractivity contribution in [2.45, 2.75) is 0 Å². The molecular formula is C12H14N2O4S. The van der Waals surface area contributed by atoms with Crippen LogP contribution in [-0.2, 0) is 14.3 Å². The van der Waals surface area contributed by atoms with E-state index in [0.717, 1.165) is 5.52 Å². The van der Waals surface area contributed by atoms with Gasteiger partial charge in [0.05, 0.1) is 18.7 Å². The van der Waals surface area contributed by atoms with Gasteiger partial charge in [-0.15, -0.1) is 0 Å². The van der Waals surface area contributed by atoms with Crippen LogP contribution in [0.25, 0.3) is 11.1 Å². The van der Waals surface area contributed by atoms with Crippen molar-refractivity contribution in [2.75, 3.05) is 32.2 Å². The Labute approximate surface area is 114 Å². The first kappa shape index (κ1) is 13.7. The summed E-state index contributed by atoms with van der Waals surface area (Å²) in [6, 6.07) is 5.25. The monoisotopic (exact) mass is 282 g/mol. The predicted molar refractivity (Wildman–Crippen MR) is 72.7 cm³/mol. The third kappa shape index (κ3) is 3.88. The molecule has 0 spiro atoms. The number of hydrogen-bond donors (Lipinski definition) is 2. The number of benzene rings is 1. The smallest absolute Gasteiger partial charge is 0.266 e. The predicted octanol–water partition coefficient (Wildman–Crippen LogP) is 2.09. The molecule has 0 radical (unpaired) electrons. The number of carbonyl (C=O) groups excluding carboxylic acids is 1. The number of nitrogens with one attached hydrogen (secondary N) is 2. The molecule has 1 amide bonds. The Kier molecular flexibility index (Phi) is 4.67. The molecule has 1 aromatic carbocycles. The Bertz CT molecular complexity index is 619. The Morgan fingerprint density at radius 3 is 3.11 bits per heavy atom. The molecule has 7 heteroatoms. The quantitative estimate of drug-likeness (QED) is 0.626. The lowest BCUT2D eigenvalue weighted by Crippen LogP contribution is -2.19. The number of methoxy groups -OCH3 is 1. The molecule has 0 aliphatic carbocycles. The first-order chi connectivity index (χ1) is 9.19. The zero-order valence-corrected chi connectivity index (χ0v) is 11.2. The standard InChI is InChI=1S/C12H14N2O4S/c1-16-4-5-17-7-11(15)13-8-2-3-9-10(6-8)18-12(19)14-9/h2-3,6H,4-5,7H2,1H3,(H,13,15)(H,14,19). The van der Waals surface area contributed by atoms with E-state index in [0.29, 0.717) is 29.3 Å². The summed E-state index contributed by atoms with van der Waals surface area (Å²) in [5.74, 6) is -0.232. The fourth-order valence-corrected chi connectivity index (χ4v) is 1.73. The lowest BCUT2D eigenvalue weighted by atomic mass is 10.3. The van der Waals surface area contributed by atoms with Gasteiger partial charge in [-0.25, -0.2) is 0 Å².